The minimum absolute atomic E-state index is 0.406. The molecule has 1 amide bonds. The third kappa shape index (κ3) is 2.07. The van der Waals surface area contributed by atoms with E-state index in [4.69, 9.17) is 4.42 Å². The summed E-state index contributed by atoms with van der Waals surface area (Å²) >= 11 is 0. The van der Waals surface area contributed by atoms with Crippen molar-refractivity contribution in [3.05, 3.63) is 30.2 Å². The first-order valence-electron chi connectivity index (χ1n) is 4.43. The Hall–Kier alpha value is -2.04. The Kier molecular flexibility index (Phi) is 2.53. The Labute approximate surface area is 86.0 Å². The van der Waals surface area contributed by atoms with E-state index in [0.717, 1.165) is 11.1 Å². The topological polar surface area (TPSA) is 64.4 Å². The Morgan fingerprint density at radius 1 is 1.60 bits per heavy atom. The lowest BCUT2D eigenvalue weighted by Crippen LogP contribution is -2.22. The fourth-order valence-electron chi connectivity index (χ4n) is 1.26. The van der Waals surface area contributed by atoms with E-state index in [2.05, 4.69) is 15.0 Å². The first-order valence-corrected chi connectivity index (χ1v) is 4.43. The summed E-state index contributed by atoms with van der Waals surface area (Å²) in [5.74, 6) is 0. The maximum atomic E-state index is 10.8. The summed E-state index contributed by atoms with van der Waals surface area (Å²) in [6.07, 6.45) is 0.940. The number of methoxy groups -OCH3 is 1. The molecule has 0 aliphatic rings. The molecule has 0 aliphatic carbocycles. The van der Waals surface area contributed by atoms with Gasteiger partial charge in [-0.25, -0.2) is 9.78 Å². The van der Waals surface area contributed by atoms with Crippen LogP contribution in [0.4, 0.5) is 4.79 Å². The van der Waals surface area contributed by atoms with Crippen LogP contribution >= 0.6 is 0 Å². The molecule has 0 unspecified atom stereocenters. The number of hydrogen-bond donors (Lipinski definition) is 1. The van der Waals surface area contributed by atoms with E-state index in [1.54, 1.807) is 0 Å². The Bertz CT molecular complexity index is 478. The normalized spacial score (nSPS) is 10.2. The minimum atomic E-state index is -0.451. The number of carbonyl (C=O) groups is 1. The predicted octanol–water partition coefficient (Wildman–Crippen LogP) is 1.68. The number of carbonyl (C=O) groups excluding carboxylic acids is 1. The van der Waals surface area contributed by atoms with Gasteiger partial charge in [0.15, 0.2) is 12.0 Å². The quantitative estimate of drug-likeness (QED) is 0.811. The van der Waals surface area contributed by atoms with Gasteiger partial charge in [0.1, 0.15) is 5.52 Å². The average molecular weight is 206 g/mol. The van der Waals surface area contributed by atoms with Gasteiger partial charge in [0.25, 0.3) is 0 Å². The lowest BCUT2D eigenvalue weighted by atomic mass is 10.2. The summed E-state index contributed by atoms with van der Waals surface area (Å²) in [5, 5.41) is 2.58. The van der Waals surface area contributed by atoms with Crippen LogP contribution in [0.1, 0.15) is 5.56 Å². The molecule has 15 heavy (non-hydrogen) atoms. The second kappa shape index (κ2) is 4.00. The smallest absolute Gasteiger partial charge is 0.407 e. The fourth-order valence-corrected chi connectivity index (χ4v) is 1.26. The summed E-state index contributed by atoms with van der Waals surface area (Å²) in [7, 11) is 1.33. The molecule has 2 rings (SSSR count). The molecule has 0 aliphatic heterocycles. The number of aromatic nitrogens is 1. The molecule has 78 valence electrons. The summed E-state index contributed by atoms with van der Waals surface area (Å²) in [6.45, 7) is 0.406. The molecule has 1 aromatic heterocycles. The molecule has 0 saturated carbocycles. The minimum Gasteiger partial charge on any atom is -0.453 e. The van der Waals surface area contributed by atoms with Crippen molar-refractivity contribution in [1.82, 2.24) is 10.3 Å². The molecule has 0 spiro atoms. The molecular formula is C10H10N2O3. The molecule has 1 N–H and O–H groups in total. The van der Waals surface area contributed by atoms with Crippen molar-refractivity contribution in [2.24, 2.45) is 0 Å². The number of nitrogens with one attached hydrogen (secondary N) is 1. The number of rotatable bonds is 2. The van der Waals surface area contributed by atoms with Crippen LogP contribution in [0, 0.1) is 0 Å². The van der Waals surface area contributed by atoms with Crippen LogP contribution < -0.4 is 5.32 Å². The first kappa shape index (κ1) is 9.51. The first-order chi connectivity index (χ1) is 7.29. The van der Waals surface area contributed by atoms with Crippen LogP contribution in [0.5, 0.6) is 0 Å². The molecule has 0 atom stereocenters. The van der Waals surface area contributed by atoms with Crippen molar-refractivity contribution < 1.29 is 13.9 Å². The van der Waals surface area contributed by atoms with E-state index in [0.29, 0.717) is 12.1 Å². The number of oxazole rings is 1. The van der Waals surface area contributed by atoms with Crippen LogP contribution in [0.3, 0.4) is 0 Å². The van der Waals surface area contributed by atoms with Crippen LogP contribution in [0.25, 0.3) is 11.1 Å². The second-order valence-electron chi connectivity index (χ2n) is 3.00. The number of hydrogen-bond acceptors (Lipinski definition) is 4. The van der Waals surface area contributed by atoms with E-state index in [1.807, 2.05) is 18.2 Å². The highest BCUT2D eigenvalue weighted by Gasteiger charge is 2.02. The molecule has 1 heterocycles. The van der Waals surface area contributed by atoms with Crippen molar-refractivity contribution in [2.75, 3.05) is 7.11 Å². The van der Waals surface area contributed by atoms with Gasteiger partial charge in [-0.2, -0.15) is 0 Å². The molecule has 0 fully saturated rings. The van der Waals surface area contributed by atoms with Gasteiger partial charge in [-0.3, -0.25) is 0 Å². The zero-order valence-corrected chi connectivity index (χ0v) is 8.19. The van der Waals surface area contributed by atoms with Gasteiger partial charge in [0.05, 0.1) is 7.11 Å². The predicted molar refractivity (Wildman–Crippen MR) is 53.3 cm³/mol. The maximum Gasteiger partial charge on any atom is 0.407 e. The van der Waals surface area contributed by atoms with E-state index in [-0.39, 0.29) is 0 Å². The van der Waals surface area contributed by atoms with E-state index >= 15 is 0 Å². The second-order valence-corrected chi connectivity index (χ2v) is 3.00. The Balaban J connectivity index is 2.11. The van der Waals surface area contributed by atoms with Gasteiger partial charge < -0.3 is 14.5 Å². The standard InChI is InChI=1S/C10H10N2O3/c1-14-10(13)11-5-7-2-3-8-9(4-7)15-6-12-8/h2-4,6H,5H2,1H3,(H,11,13). The lowest BCUT2D eigenvalue weighted by Gasteiger charge is -2.02. The lowest BCUT2D eigenvalue weighted by molar-refractivity contribution is 0.170. The van der Waals surface area contributed by atoms with Gasteiger partial charge in [-0.05, 0) is 17.7 Å². The number of alkyl carbamates (subject to hydrolysis) is 1. The van der Waals surface area contributed by atoms with Crippen molar-refractivity contribution in [3.63, 3.8) is 0 Å². The third-order valence-corrected chi connectivity index (χ3v) is 2.02. The van der Waals surface area contributed by atoms with Crippen LogP contribution in [0.15, 0.2) is 29.0 Å². The number of nitrogens with zero attached hydrogens (tertiary/aromatic N) is 1. The monoisotopic (exact) mass is 206 g/mol. The number of fused-ring (bicyclic) bond motifs is 1. The summed E-state index contributed by atoms with van der Waals surface area (Å²) < 4.78 is 9.60. The van der Waals surface area contributed by atoms with Crippen LogP contribution in [0.2, 0.25) is 0 Å². The highest BCUT2D eigenvalue weighted by molar-refractivity contribution is 5.73. The van der Waals surface area contributed by atoms with Gasteiger partial charge in [-0.15, -0.1) is 0 Å². The van der Waals surface area contributed by atoms with Gasteiger partial charge in [0.2, 0.25) is 0 Å². The third-order valence-electron chi connectivity index (χ3n) is 2.02. The maximum absolute atomic E-state index is 10.8. The van der Waals surface area contributed by atoms with Crippen LogP contribution in [-0.4, -0.2) is 18.2 Å². The number of amides is 1. The van der Waals surface area contributed by atoms with E-state index in [9.17, 15) is 4.79 Å². The Morgan fingerprint density at radius 2 is 2.47 bits per heavy atom. The largest absolute Gasteiger partial charge is 0.453 e. The molecule has 5 heteroatoms. The SMILES string of the molecule is COC(=O)NCc1ccc2ncoc2c1. The molecular weight excluding hydrogens is 196 g/mol. The molecule has 0 saturated heterocycles. The van der Waals surface area contributed by atoms with Crippen molar-refractivity contribution in [3.8, 4) is 0 Å². The number of ether oxygens (including phenoxy) is 1. The zero-order chi connectivity index (χ0) is 10.7. The highest BCUT2D eigenvalue weighted by Crippen LogP contribution is 2.13. The van der Waals surface area contributed by atoms with Crippen LogP contribution in [-0.2, 0) is 11.3 Å². The Morgan fingerprint density at radius 3 is 3.27 bits per heavy atom. The van der Waals surface area contributed by atoms with Crippen molar-refractivity contribution in [2.45, 2.75) is 6.54 Å². The highest BCUT2D eigenvalue weighted by atomic mass is 16.5. The molecule has 2 aromatic rings. The summed E-state index contributed by atoms with van der Waals surface area (Å²) in [5.41, 5.74) is 2.45. The van der Waals surface area contributed by atoms with Gasteiger partial charge in [-0.1, -0.05) is 6.07 Å². The van der Waals surface area contributed by atoms with Gasteiger partial charge >= 0.3 is 6.09 Å². The molecule has 0 bridgehead atoms. The average Bonchev–Trinajstić information content (AvgIpc) is 2.72. The van der Waals surface area contributed by atoms with Gasteiger partial charge in [0, 0.05) is 6.54 Å². The number of benzene rings is 1. The zero-order valence-electron chi connectivity index (χ0n) is 8.19. The van der Waals surface area contributed by atoms with E-state index in [1.165, 1.54) is 13.5 Å². The molecule has 5 nitrogen and oxygen atoms in total. The fraction of sp³-hybridized carbons (Fsp3) is 0.200. The molecule has 1 aromatic carbocycles. The summed E-state index contributed by atoms with van der Waals surface area (Å²) in [4.78, 5) is 14.8. The summed E-state index contributed by atoms with van der Waals surface area (Å²) in [6, 6.07) is 5.55. The van der Waals surface area contributed by atoms with Crippen molar-refractivity contribution >= 4 is 17.2 Å². The molecule has 0 radical (unpaired) electrons. The van der Waals surface area contributed by atoms with E-state index < -0.39 is 6.09 Å². The van der Waals surface area contributed by atoms with Crippen molar-refractivity contribution in [1.29, 1.82) is 0 Å².